The number of carboxylic acids is 1. The minimum Gasteiger partial charge on any atom is -0.482 e. The maximum absolute atomic E-state index is 11.5. The zero-order chi connectivity index (χ0) is 13.4. The van der Waals surface area contributed by atoms with Gasteiger partial charge in [0.05, 0.1) is 0 Å². The number of nitrogens with one attached hydrogen (secondary N) is 1. The van der Waals surface area contributed by atoms with Crippen LogP contribution in [0.4, 0.5) is 5.69 Å². The molecule has 1 aromatic rings. The smallest absolute Gasteiger partial charge is 0.341 e. The lowest BCUT2D eigenvalue weighted by atomic mass is 10.3. The molecule has 0 fully saturated rings. The topological polar surface area (TPSA) is 75.6 Å². The monoisotopic (exact) mass is 269 g/mol. The van der Waals surface area contributed by atoms with Gasteiger partial charge in [0.15, 0.2) is 6.61 Å². The second-order valence-electron chi connectivity index (χ2n) is 3.50. The first kappa shape index (κ1) is 14.4. The molecule has 0 spiro atoms. The minimum atomic E-state index is -1.04. The summed E-state index contributed by atoms with van der Waals surface area (Å²) in [5, 5.41) is 11.2. The van der Waals surface area contributed by atoms with Gasteiger partial charge in [0.1, 0.15) is 5.75 Å². The van der Waals surface area contributed by atoms with Crippen molar-refractivity contribution in [2.24, 2.45) is 0 Å². The Kier molecular flexibility index (Phi) is 6.07. The normalized spacial score (nSPS) is 9.83. The number of carbonyl (C=O) groups is 2. The third-order valence-electron chi connectivity index (χ3n) is 2.01. The Morgan fingerprint density at radius 1 is 1.44 bits per heavy atom. The first-order valence-corrected chi connectivity index (χ1v) is 6.74. The highest BCUT2D eigenvalue weighted by Crippen LogP contribution is 2.17. The summed E-state index contributed by atoms with van der Waals surface area (Å²) in [4.78, 5) is 21.8. The van der Waals surface area contributed by atoms with E-state index >= 15 is 0 Å². The molecule has 0 bridgehead atoms. The van der Waals surface area contributed by atoms with Gasteiger partial charge in [0.25, 0.3) is 0 Å². The van der Waals surface area contributed by atoms with E-state index in [1.54, 1.807) is 36.0 Å². The number of carboxylic acid groups (broad SMARTS) is 1. The lowest BCUT2D eigenvalue weighted by Crippen LogP contribution is -2.13. The summed E-state index contributed by atoms with van der Waals surface area (Å²) in [5.41, 5.74) is 0.601. The molecule has 0 unspecified atom stereocenters. The van der Waals surface area contributed by atoms with Crippen molar-refractivity contribution in [2.75, 3.05) is 23.9 Å². The molecule has 0 saturated heterocycles. The van der Waals surface area contributed by atoms with Crippen molar-refractivity contribution in [1.82, 2.24) is 0 Å². The predicted octanol–water partition coefficient (Wildman–Crippen LogP) is 1.84. The quantitative estimate of drug-likeness (QED) is 0.790. The Morgan fingerprint density at radius 3 is 2.89 bits per heavy atom. The van der Waals surface area contributed by atoms with Crippen LogP contribution in [0.1, 0.15) is 6.42 Å². The molecule has 6 heteroatoms. The molecule has 2 N–H and O–H groups in total. The van der Waals surface area contributed by atoms with E-state index in [2.05, 4.69) is 5.32 Å². The number of ether oxygens (including phenoxy) is 1. The number of carbonyl (C=O) groups excluding carboxylic acids is 1. The second-order valence-corrected chi connectivity index (χ2v) is 4.49. The van der Waals surface area contributed by atoms with Crippen LogP contribution in [0, 0.1) is 0 Å². The van der Waals surface area contributed by atoms with Gasteiger partial charge in [-0.3, -0.25) is 4.79 Å². The largest absolute Gasteiger partial charge is 0.482 e. The van der Waals surface area contributed by atoms with Gasteiger partial charge < -0.3 is 15.2 Å². The first-order valence-electron chi connectivity index (χ1n) is 5.35. The van der Waals surface area contributed by atoms with E-state index in [9.17, 15) is 9.59 Å². The Balaban J connectivity index is 2.53. The second kappa shape index (κ2) is 7.60. The molecule has 0 aliphatic heterocycles. The molecule has 18 heavy (non-hydrogen) atoms. The average molecular weight is 269 g/mol. The number of rotatable bonds is 7. The van der Waals surface area contributed by atoms with Crippen molar-refractivity contribution in [2.45, 2.75) is 6.42 Å². The first-order chi connectivity index (χ1) is 8.61. The number of thioether (sulfide) groups is 1. The van der Waals surface area contributed by atoms with E-state index in [1.165, 1.54) is 0 Å². The maximum atomic E-state index is 11.5. The fourth-order valence-electron chi connectivity index (χ4n) is 1.23. The Morgan fingerprint density at radius 2 is 2.22 bits per heavy atom. The number of amides is 1. The van der Waals surface area contributed by atoms with E-state index < -0.39 is 12.6 Å². The zero-order valence-electron chi connectivity index (χ0n) is 10.0. The van der Waals surface area contributed by atoms with Crippen LogP contribution in [0.25, 0.3) is 0 Å². The van der Waals surface area contributed by atoms with Crippen molar-refractivity contribution in [3.8, 4) is 5.75 Å². The van der Waals surface area contributed by atoms with Crippen LogP contribution in [0.3, 0.4) is 0 Å². The van der Waals surface area contributed by atoms with Crippen molar-refractivity contribution >= 4 is 29.3 Å². The highest BCUT2D eigenvalue weighted by molar-refractivity contribution is 7.98. The molecule has 1 rings (SSSR count). The summed E-state index contributed by atoms with van der Waals surface area (Å²) in [5.74, 6) is 0.0744. The van der Waals surface area contributed by atoms with Crippen LogP contribution < -0.4 is 10.1 Å². The molecule has 1 amide bonds. The number of aliphatic carboxylic acids is 1. The lowest BCUT2D eigenvalue weighted by Gasteiger charge is -2.07. The predicted molar refractivity (Wildman–Crippen MR) is 71.2 cm³/mol. The third-order valence-corrected chi connectivity index (χ3v) is 2.63. The SMILES string of the molecule is CSCCC(=O)Nc1cccc(OCC(=O)O)c1. The van der Waals surface area contributed by atoms with Crippen LogP contribution in [0.5, 0.6) is 5.75 Å². The van der Waals surface area contributed by atoms with E-state index in [4.69, 9.17) is 9.84 Å². The Hall–Kier alpha value is -1.69. The molecule has 98 valence electrons. The maximum Gasteiger partial charge on any atom is 0.341 e. The van der Waals surface area contributed by atoms with Gasteiger partial charge in [0.2, 0.25) is 5.91 Å². The summed E-state index contributed by atoms with van der Waals surface area (Å²) in [6, 6.07) is 6.66. The fraction of sp³-hybridized carbons (Fsp3) is 0.333. The van der Waals surface area contributed by atoms with E-state index in [0.717, 1.165) is 5.75 Å². The lowest BCUT2D eigenvalue weighted by molar-refractivity contribution is -0.139. The van der Waals surface area contributed by atoms with Crippen LogP contribution in [0.15, 0.2) is 24.3 Å². The molecule has 1 aromatic carbocycles. The van der Waals surface area contributed by atoms with Crippen molar-refractivity contribution in [3.05, 3.63) is 24.3 Å². The van der Waals surface area contributed by atoms with E-state index in [1.807, 2.05) is 6.26 Å². The van der Waals surface area contributed by atoms with E-state index in [-0.39, 0.29) is 5.91 Å². The molecule has 0 heterocycles. The zero-order valence-corrected chi connectivity index (χ0v) is 10.8. The number of benzene rings is 1. The van der Waals surface area contributed by atoms with Crippen LogP contribution in [-0.4, -0.2) is 35.6 Å². The Labute approximate surface area is 110 Å². The van der Waals surface area contributed by atoms with Gasteiger partial charge in [-0.1, -0.05) is 6.07 Å². The highest BCUT2D eigenvalue weighted by Gasteiger charge is 2.04. The fourth-order valence-corrected chi connectivity index (χ4v) is 1.62. The third kappa shape index (κ3) is 5.58. The van der Waals surface area contributed by atoms with Crippen molar-refractivity contribution < 1.29 is 19.4 Å². The molecule has 0 aromatic heterocycles. The molecule has 0 aliphatic rings. The van der Waals surface area contributed by atoms with Crippen LogP contribution >= 0.6 is 11.8 Å². The van der Waals surface area contributed by atoms with E-state index in [0.29, 0.717) is 17.9 Å². The standard InChI is InChI=1S/C12H15NO4S/c1-18-6-5-11(14)13-9-3-2-4-10(7-9)17-8-12(15)16/h2-4,7H,5-6,8H2,1H3,(H,13,14)(H,15,16). The summed E-state index contributed by atoms with van der Waals surface area (Å²) < 4.78 is 5.02. The summed E-state index contributed by atoms with van der Waals surface area (Å²) in [6.45, 7) is -0.399. The average Bonchev–Trinajstić information content (AvgIpc) is 2.34. The van der Waals surface area contributed by atoms with Gasteiger partial charge in [-0.15, -0.1) is 0 Å². The van der Waals surface area contributed by atoms with Gasteiger partial charge >= 0.3 is 5.97 Å². The Bertz CT molecular complexity index is 422. The molecular formula is C12H15NO4S. The molecule has 0 aliphatic carbocycles. The summed E-state index contributed by atoms with van der Waals surface area (Å²) in [6.07, 6.45) is 2.38. The van der Waals surface area contributed by atoms with Crippen molar-refractivity contribution in [1.29, 1.82) is 0 Å². The van der Waals surface area contributed by atoms with Crippen LogP contribution in [0.2, 0.25) is 0 Å². The molecular weight excluding hydrogens is 254 g/mol. The molecule has 0 saturated carbocycles. The molecule has 0 radical (unpaired) electrons. The number of hydrogen-bond donors (Lipinski definition) is 2. The van der Waals surface area contributed by atoms with Crippen LogP contribution in [-0.2, 0) is 9.59 Å². The number of anilines is 1. The summed E-state index contributed by atoms with van der Waals surface area (Å²) >= 11 is 1.60. The minimum absolute atomic E-state index is 0.0697. The summed E-state index contributed by atoms with van der Waals surface area (Å²) in [7, 11) is 0. The molecule has 0 atom stereocenters. The number of hydrogen-bond acceptors (Lipinski definition) is 4. The van der Waals surface area contributed by atoms with Gasteiger partial charge in [-0.25, -0.2) is 4.79 Å². The van der Waals surface area contributed by atoms with Gasteiger partial charge in [-0.2, -0.15) is 11.8 Å². The highest BCUT2D eigenvalue weighted by atomic mass is 32.2. The molecule has 5 nitrogen and oxygen atoms in total. The van der Waals surface area contributed by atoms with Crippen molar-refractivity contribution in [3.63, 3.8) is 0 Å². The van der Waals surface area contributed by atoms with Gasteiger partial charge in [0, 0.05) is 23.9 Å². The van der Waals surface area contributed by atoms with Gasteiger partial charge in [-0.05, 0) is 18.4 Å².